The fourth-order valence-corrected chi connectivity index (χ4v) is 3.97. The lowest BCUT2D eigenvalue weighted by Crippen LogP contribution is -1.81. The zero-order chi connectivity index (χ0) is 17.7. The van der Waals surface area contributed by atoms with E-state index in [1.165, 1.54) is 0 Å². The largest absolute Gasteiger partial charge is 0.432 e. The Morgan fingerprint density at radius 2 is 0.833 bits per heavy atom. The van der Waals surface area contributed by atoms with Gasteiger partial charge in [-0.1, -0.05) is 0 Å². The van der Waals surface area contributed by atoms with E-state index in [9.17, 15) is 0 Å². The number of hydrogen-bond acceptors (Lipinski definition) is 10. The van der Waals surface area contributed by atoms with Crippen molar-refractivity contribution in [1.29, 1.82) is 31.6 Å². The maximum Gasteiger partial charge on any atom is 0.224 e. The van der Waals surface area contributed by atoms with E-state index in [1.807, 2.05) is 0 Å². The van der Waals surface area contributed by atoms with Crippen molar-refractivity contribution in [3.8, 4) is 36.4 Å². The Bertz CT molecular complexity index is 998. The molecule has 2 aromatic rings. The first-order valence-corrected chi connectivity index (χ1v) is 7.88. The van der Waals surface area contributed by atoms with Crippen LogP contribution < -0.4 is 0 Å². The third kappa shape index (κ3) is 2.64. The zero-order valence-corrected chi connectivity index (χ0v) is 12.9. The molecule has 2 heterocycles. The van der Waals surface area contributed by atoms with Crippen molar-refractivity contribution in [3.63, 3.8) is 0 Å². The average molecular weight is 348 g/mol. The normalized spacial score (nSPS) is 8.92. The molecule has 0 fully saturated rings. The SMILES string of the molecule is N#Cc1oc(C#N)c(SSc2c(C#N)oc(C#N)c2C#N)c1C#N. The van der Waals surface area contributed by atoms with Crippen LogP contribution in [0, 0.1) is 68.0 Å². The maximum absolute atomic E-state index is 9.12. The van der Waals surface area contributed by atoms with E-state index in [0.29, 0.717) is 0 Å². The molecule has 0 radical (unpaired) electrons. The van der Waals surface area contributed by atoms with Crippen molar-refractivity contribution in [2.24, 2.45) is 0 Å². The molecular weight excluding hydrogens is 348 g/mol. The van der Waals surface area contributed by atoms with E-state index in [1.54, 1.807) is 36.4 Å². The van der Waals surface area contributed by atoms with Crippen LogP contribution in [-0.4, -0.2) is 0 Å². The van der Waals surface area contributed by atoms with Crippen LogP contribution in [0.3, 0.4) is 0 Å². The minimum absolute atomic E-state index is 0.0917. The van der Waals surface area contributed by atoms with Crippen molar-refractivity contribution < 1.29 is 8.83 Å². The Hall–Kier alpha value is -3.80. The summed E-state index contributed by atoms with van der Waals surface area (Å²) in [6.07, 6.45) is 0. The van der Waals surface area contributed by atoms with Crippen LogP contribution in [0.15, 0.2) is 18.6 Å². The lowest BCUT2D eigenvalue weighted by molar-refractivity contribution is 0.532. The lowest BCUT2D eigenvalue weighted by atomic mass is 10.3. The minimum atomic E-state index is -0.303. The number of hydrogen-bond donors (Lipinski definition) is 0. The fourth-order valence-electron chi connectivity index (χ4n) is 1.58. The molecule has 8 nitrogen and oxygen atoms in total. The van der Waals surface area contributed by atoms with E-state index in [4.69, 9.17) is 40.4 Å². The third-order valence-corrected chi connectivity index (χ3v) is 5.01. The van der Waals surface area contributed by atoms with E-state index < -0.39 is 0 Å². The van der Waals surface area contributed by atoms with Gasteiger partial charge in [0.05, 0.1) is 9.79 Å². The summed E-state index contributed by atoms with van der Waals surface area (Å²) in [7, 11) is 1.70. The van der Waals surface area contributed by atoms with Crippen LogP contribution in [0.25, 0.3) is 0 Å². The zero-order valence-electron chi connectivity index (χ0n) is 11.3. The molecule has 0 unspecified atom stereocenters. The van der Waals surface area contributed by atoms with Gasteiger partial charge in [-0.3, -0.25) is 0 Å². The van der Waals surface area contributed by atoms with Gasteiger partial charge in [-0.25, -0.2) is 0 Å². The van der Waals surface area contributed by atoms with Gasteiger partial charge < -0.3 is 8.83 Å². The second kappa shape index (κ2) is 6.97. The maximum atomic E-state index is 9.12. The summed E-state index contributed by atoms with van der Waals surface area (Å²) >= 11 is 0. The van der Waals surface area contributed by atoms with Crippen LogP contribution in [0.4, 0.5) is 0 Å². The highest BCUT2D eigenvalue weighted by atomic mass is 33.1. The van der Waals surface area contributed by atoms with Gasteiger partial charge in [0.1, 0.15) is 47.5 Å². The molecule has 0 saturated heterocycles. The molecule has 10 heteroatoms. The molecule has 2 aromatic heterocycles. The van der Waals surface area contributed by atoms with Gasteiger partial charge in [-0.15, -0.1) is 0 Å². The van der Waals surface area contributed by atoms with Crippen molar-refractivity contribution in [2.45, 2.75) is 9.79 Å². The molecule has 0 aliphatic carbocycles. The molecule has 0 spiro atoms. The summed E-state index contributed by atoms with van der Waals surface area (Å²) < 4.78 is 9.96. The highest BCUT2D eigenvalue weighted by Crippen LogP contribution is 2.45. The van der Waals surface area contributed by atoms with Crippen LogP contribution in [0.2, 0.25) is 0 Å². The molecule has 2 rings (SSSR count). The van der Waals surface area contributed by atoms with Gasteiger partial charge in [0.25, 0.3) is 0 Å². The van der Waals surface area contributed by atoms with Crippen LogP contribution in [-0.2, 0) is 0 Å². The van der Waals surface area contributed by atoms with Gasteiger partial charge in [-0.2, -0.15) is 31.6 Å². The Morgan fingerprint density at radius 1 is 0.500 bits per heavy atom. The van der Waals surface area contributed by atoms with E-state index >= 15 is 0 Å². The molecule has 0 aliphatic rings. The summed E-state index contributed by atoms with van der Waals surface area (Å²) in [6.45, 7) is 0. The molecular formula is C14N6O2S2. The second-order valence-corrected chi connectivity index (χ2v) is 5.92. The van der Waals surface area contributed by atoms with Gasteiger partial charge >= 0.3 is 0 Å². The quantitative estimate of drug-likeness (QED) is 0.751. The lowest BCUT2D eigenvalue weighted by Gasteiger charge is -1.97. The van der Waals surface area contributed by atoms with Crippen LogP contribution in [0.5, 0.6) is 0 Å². The summed E-state index contributed by atoms with van der Waals surface area (Å²) in [5.41, 5.74) is -0.236. The number of nitriles is 6. The van der Waals surface area contributed by atoms with Crippen LogP contribution in [0.1, 0.15) is 34.2 Å². The minimum Gasteiger partial charge on any atom is -0.432 e. The Kier molecular flexibility index (Phi) is 4.81. The summed E-state index contributed by atoms with van der Waals surface area (Å²) in [5, 5.41) is 54.1. The molecule has 0 saturated carbocycles. The standard InChI is InChI=1S/C14N6O2S2/c15-1-7-9(3-17)21-11(5-19)13(7)23-24-14-8(2-16)10(4-18)22-12(14)6-20. The summed E-state index contributed by atoms with van der Waals surface area (Å²) in [4.78, 5) is 0.183. The highest BCUT2D eigenvalue weighted by molar-refractivity contribution is 8.76. The second-order valence-electron chi connectivity index (χ2n) is 3.77. The number of nitrogens with zero attached hydrogens (tertiary/aromatic N) is 6. The smallest absolute Gasteiger partial charge is 0.224 e. The summed E-state index contributed by atoms with van der Waals surface area (Å²) in [6, 6.07) is 10.3. The molecule has 24 heavy (non-hydrogen) atoms. The van der Waals surface area contributed by atoms with Gasteiger partial charge in [-0.05, 0) is 21.6 Å². The Labute approximate surface area is 142 Å². The van der Waals surface area contributed by atoms with Crippen molar-refractivity contribution in [3.05, 3.63) is 34.2 Å². The van der Waals surface area contributed by atoms with Crippen molar-refractivity contribution in [2.75, 3.05) is 0 Å². The average Bonchev–Trinajstić information content (AvgIpc) is 3.15. The van der Waals surface area contributed by atoms with Crippen molar-refractivity contribution >= 4 is 21.6 Å². The topological polar surface area (TPSA) is 169 Å². The first-order chi connectivity index (χ1) is 11.6. The predicted molar refractivity (Wildman–Crippen MR) is 77.4 cm³/mol. The summed E-state index contributed by atoms with van der Waals surface area (Å²) in [5.74, 6) is -1.07. The Balaban J connectivity index is 2.49. The van der Waals surface area contributed by atoms with E-state index in [2.05, 4.69) is 0 Å². The van der Waals surface area contributed by atoms with Gasteiger partial charge in [0.2, 0.25) is 23.0 Å². The monoisotopic (exact) mass is 348 g/mol. The van der Waals surface area contributed by atoms with Crippen molar-refractivity contribution in [1.82, 2.24) is 0 Å². The van der Waals surface area contributed by atoms with E-state index in [-0.39, 0.29) is 44.0 Å². The highest BCUT2D eigenvalue weighted by Gasteiger charge is 2.25. The molecule has 0 aliphatic heterocycles. The first kappa shape index (κ1) is 16.6. The molecule has 0 N–H and O–H groups in total. The molecule has 0 aromatic carbocycles. The first-order valence-electron chi connectivity index (χ1n) is 5.73. The molecule has 0 atom stereocenters. The van der Waals surface area contributed by atoms with E-state index in [0.717, 1.165) is 21.6 Å². The van der Waals surface area contributed by atoms with Crippen LogP contribution >= 0.6 is 21.6 Å². The predicted octanol–water partition coefficient (Wildman–Crippen LogP) is 2.90. The Morgan fingerprint density at radius 3 is 1.08 bits per heavy atom. The van der Waals surface area contributed by atoms with Gasteiger partial charge in [0.15, 0.2) is 0 Å². The molecule has 110 valence electrons. The number of rotatable bonds is 3. The fraction of sp³-hybridized carbons (Fsp3) is 0. The molecule has 0 bridgehead atoms. The van der Waals surface area contributed by atoms with Gasteiger partial charge in [0, 0.05) is 0 Å². The molecule has 0 amide bonds. The third-order valence-electron chi connectivity index (χ3n) is 2.57. The number of furan rings is 2.